The van der Waals surface area contributed by atoms with Gasteiger partial charge in [-0.25, -0.2) is 8.42 Å². The fraction of sp³-hybridized carbons (Fsp3) is 0.182. The third-order valence-electron chi connectivity index (χ3n) is 2.26. The molecule has 94 valence electrons. The normalized spacial score (nSPS) is 14.4. The second-order valence-electron chi connectivity index (χ2n) is 3.63. The van der Waals surface area contributed by atoms with Crippen LogP contribution < -0.4 is 9.47 Å². The van der Waals surface area contributed by atoms with Crippen molar-refractivity contribution in [1.29, 1.82) is 5.26 Å². The van der Waals surface area contributed by atoms with E-state index in [0.29, 0.717) is 22.1 Å². The lowest BCUT2D eigenvalue weighted by Crippen LogP contribution is -1.98. The molecule has 1 aliphatic heterocycles. The van der Waals surface area contributed by atoms with Crippen molar-refractivity contribution in [2.24, 2.45) is 0 Å². The summed E-state index contributed by atoms with van der Waals surface area (Å²) in [4.78, 5) is -0.336. The Labute approximate surface area is 109 Å². The zero-order valence-electron chi connectivity index (χ0n) is 9.31. The van der Waals surface area contributed by atoms with E-state index in [2.05, 4.69) is 0 Å². The number of rotatable bonds is 2. The number of hydrogen-bond donors (Lipinski definition) is 0. The van der Waals surface area contributed by atoms with Crippen LogP contribution in [0.5, 0.6) is 11.5 Å². The Morgan fingerprint density at radius 1 is 1.50 bits per heavy atom. The molecule has 5 nitrogen and oxygen atoms in total. The van der Waals surface area contributed by atoms with Gasteiger partial charge in [0.1, 0.15) is 11.0 Å². The Balaban J connectivity index is 2.52. The van der Waals surface area contributed by atoms with Crippen LogP contribution in [0.4, 0.5) is 0 Å². The third kappa shape index (κ3) is 2.42. The molecule has 18 heavy (non-hydrogen) atoms. The number of ether oxygens (including phenoxy) is 2. The van der Waals surface area contributed by atoms with Gasteiger partial charge in [-0.05, 0) is 23.8 Å². The van der Waals surface area contributed by atoms with Gasteiger partial charge in [0.2, 0.25) is 6.79 Å². The van der Waals surface area contributed by atoms with Gasteiger partial charge in [0, 0.05) is 6.26 Å². The maximum absolute atomic E-state index is 11.3. The Hall–Kier alpha value is -1.71. The molecule has 0 fully saturated rings. The highest BCUT2D eigenvalue weighted by Gasteiger charge is 2.18. The average Bonchev–Trinajstić information content (AvgIpc) is 2.72. The Kier molecular flexibility index (Phi) is 3.20. The Bertz CT molecular complexity index is 673. The number of nitriles is 1. The molecule has 1 aromatic carbocycles. The smallest absolute Gasteiger partial charge is 0.231 e. The summed E-state index contributed by atoms with van der Waals surface area (Å²) in [6.07, 6.45) is 2.21. The monoisotopic (exact) mass is 285 g/mol. The van der Waals surface area contributed by atoms with Crippen molar-refractivity contribution in [2.75, 3.05) is 13.0 Å². The Morgan fingerprint density at radius 3 is 2.83 bits per heavy atom. The highest BCUT2D eigenvalue weighted by molar-refractivity contribution is 7.95. The highest BCUT2D eigenvalue weighted by Crippen LogP contribution is 2.40. The van der Waals surface area contributed by atoms with Crippen LogP contribution in [0.1, 0.15) is 5.56 Å². The molecule has 0 aromatic heterocycles. The highest BCUT2D eigenvalue weighted by atomic mass is 35.5. The minimum absolute atomic E-state index is 0.0689. The number of sulfone groups is 1. The number of hydrogen-bond acceptors (Lipinski definition) is 5. The number of fused-ring (bicyclic) bond motifs is 1. The second kappa shape index (κ2) is 4.52. The standard InChI is InChI=1S/C11H8ClNO4S/c1-18(14,15)8(5-13)2-7-3-9(12)11-10(4-7)16-6-17-11/h2-4H,6H2,1H3/b8-2-. The number of halogens is 1. The van der Waals surface area contributed by atoms with E-state index in [0.717, 1.165) is 6.26 Å². The second-order valence-corrected chi connectivity index (χ2v) is 6.02. The van der Waals surface area contributed by atoms with Crippen molar-refractivity contribution in [3.8, 4) is 17.6 Å². The minimum atomic E-state index is -3.56. The van der Waals surface area contributed by atoms with Crippen molar-refractivity contribution < 1.29 is 17.9 Å². The summed E-state index contributed by atoms with van der Waals surface area (Å²) < 4.78 is 32.9. The number of benzene rings is 1. The minimum Gasteiger partial charge on any atom is -0.454 e. The summed E-state index contributed by atoms with van der Waals surface area (Å²) in [5, 5.41) is 9.11. The van der Waals surface area contributed by atoms with E-state index >= 15 is 0 Å². The van der Waals surface area contributed by atoms with Crippen LogP contribution in [0.3, 0.4) is 0 Å². The van der Waals surface area contributed by atoms with E-state index in [9.17, 15) is 8.42 Å². The molecule has 0 radical (unpaired) electrons. The molecule has 0 N–H and O–H groups in total. The molecular formula is C11H8ClNO4S. The molecule has 1 aliphatic rings. The summed E-state index contributed by atoms with van der Waals surface area (Å²) in [5.41, 5.74) is 0.464. The summed E-state index contributed by atoms with van der Waals surface area (Å²) in [6.45, 7) is 0.0689. The summed E-state index contributed by atoms with van der Waals surface area (Å²) in [5.74, 6) is 0.853. The zero-order valence-corrected chi connectivity index (χ0v) is 10.9. The molecule has 0 atom stereocenters. The molecule has 2 rings (SSSR count). The van der Waals surface area contributed by atoms with E-state index in [1.165, 1.54) is 12.1 Å². The molecule has 0 amide bonds. The maximum atomic E-state index is 11.3. The van der Waals surface area contributed by atoms with Gasteiger partial charge in [0.15, 0.2) is 21.3 Å². The lowest BCUT2D eigenvalue weighted by molar-refractivity contribution is 0.174. The van der Waals surface area contributed by atoms with Crippen molar-refractivity contribution >= 4 is 27.5 Å². The van der Waals surface area contributed by atoms with Gasteiger partial charge in [0.05, 0.1) is 5.02 Å². The first kappa shape index (κ1) is 12.7. The topological polar surface area (TPSA) is 76.4 Å². The van der Waals surface area contributed by atoms with Gasteiger partial charge in [-0.1, -0.05) is 11.6 Å². The first-order chi connectivity index (χ1) is 8.41. The van der Waals surface area contributed by atoms with Crippen LogP contribution in [0, 0.1) is 11.3 Å². The van der Waals surface area contributed by atoms with E-state index in [-0.39, 0.29) is 11.7 Å². The van der Waals surface area contributed by atoms with E-state index in [1.54, 1.807) is 12.1 Å². The van der Waals surface area contributed by atoms with Crippen LogP contribution in [-0.4, -0.2) is 21.5 Å². The molecule has 7 heteroatoms. The summed E-state index contributed by atoms with van der Waals surface area (Å²) >= 11 is 5.95. The molecule has 0 bridgehead atoms. The molecule has 0 saturated heterocycles. The predicted octanol–water partition coefficient (Wildman–Crippen LogP) is 1.98. The van der Waals surface area contributed by atoms with Crippen LogP contribution >= 0.6 is 11.6 Å². The quantitative estimate of drug-likeness (QED) is 0.777. The molecular weight excluding hydrogens is 278 g/mol. The SMILES string of the molecule is CS(=O)(=O)/C(C#N)=C\c1cc(Cl)c2c(c1)OCO2. The van der Waals surface area contributed by atoms with Gasteiger partial charge in [-0.15, -0.1) is 0 Å². The van der Waals surface area contributed by atoms with Crippen molar-refractivity contribution in [1.82, 2.24) is 0 Å². The average molecular weight is 286 g/mol. The van der Waals surface area contributed by atoms with Crippen molar-refractivity contribution in [2.45, 2.75) is 0 Å². The van der Waals surface area contributed by atoms with E-state index in [1.807, 2.05) is 0 Å². The fourth-order valence-corrected chi connectivity index (χ4v) is 2.23. The first-order valence-corrected chi connectivity index (χ1v) is 7.10. The fourth-order valence-electron chi connectivity index (χ4n) is 1.44. The van der Waals surface area contributed by atoms with Gasteiger partial charge >= 0.3 is 0 Å². The van der Waals surface area contributed by atoms with Gasteiger partial charge in [0.25, 0.3) is 0 Å². The molecule has 0 aliphatic carbocycles. The maximum Gasteiger partial charge on any atom is 0.231 e. The predicted molar refractivity (Wildman–Crippen MR) is 66.0 cm³/mol. The largest absolute Gasteiger partial charge is 0.454 e. The lowest BCUT2D eigenvalue weighted by atomic mass is 10.2. The van der Waals surface area contributed by atoms with Gasteiger partial charge in [-0.3, -0.25) is 0 Å². The van der Waals surface area contributed by atoms with Crippen LogP contribution in [0.2, 0.25) is 5.02 Å². The van der Waals surface area contributed by atoms with Crippen molar-refractivity contribution in [3.05, 3.63) is 27.6 Å². The number of nitrogens with zero attached hydrogens (tertiary/aromatic N) is 1. The van der Waals surface area contributed by atoms with Crippen LogP contribution in [0.15, 0.2) is 17.0 Å². The van der Waals surface area contributed by atoms with Crippen molar-refractivity contribution in [3.63, 3.8) is 0 Å². The molecule has 1 heterocycles. The molecule has 0 saturated carbocycles. The third-order valence-corrected chi connectivity index (χ3v) is 3.55. The molecule has 0 unspecified atom stereocenters. The van der Waals surface area contributed by atoms with Gasteiger partial charge < -0.3 is 9.47 Å². The van der Waals surface area contributed by atoms with Crippen LogP contribution in [-0.2, 0) is 9.84 Å². The lowest BCUT2D eigenvalue weighted by Gasteiger charge is -2.02. The number of allylic oxidation sites excluding steroid dienone is 1. The summed E-state index contributed by atoms with van der Waals surface area (Å²) in [7, 11) is -3.56. The molecule has 1 aromatic rings. The zero-order chi connectivity index (χ0) is 13.3. The summed E-state index contributed by atoms with van der Waals surface area (Å²) in [6, 6.07) is 4.71. The van der Waals surface area contributed by atoms with Gasteiger partial charge in [-0.2, -0.15) is 5.26 Å². The van der Waals surface area contributed by atoms with E-state index in [4.69, 9.17) is 26.3 Å². The first-order valence-electron chi connectivity index (χ1n) is 4.83. The van der Waals surface area contributed by atoms with Crippen LogP contribution in [0.25, 0.3) is 6.08 Å². The Morgan fingerprint density at radius 2 is 2.22 bits per heavy atom. The molecule has 0 spiro atoms. The van der Waals surface area contributed by atoms with E-state index < -0.39 is 9.84 Å².